The van der Waals surface area contributed by atoms with Crippen LogP contribution in [0.25, 0.3) is 33.3 Å². The number of aromatic nitrogens is 2. The van der Waals surface area contributed by atoms with Crippen LogP contribution in [-0.2, 0) is 26.5 Å². The van der Waals surface area contributed by atoms with Crippen molar-refractivity contribution in [3.05, 3.63) is 186 Å². The normalized spacial score (nSPS) is 12.8. The Bertz CT molecular complexity index is 2680. The molecule has 1 aliphatic heterocycles. The molecule has 0 bridgehead atoms. The summed E-state index contributed by atoms with van der Waals surface area (Å²) in [6, 6.07) is 53.7. The zero-order valence-electron chi connectivity index (χ0n) is 32.0. The summed E-state index contributed by atoms with van der Waals surface area (Å²) >= 11 is 0. The van der Waals surface area contributed by atoms with E-state index in [1.807, 2.05) is 91.1 Å². The number of phenols is 1. The summed E-state index contributed by atoms with van der Waals surface area (Å²) < 4.78 is 0. The molecular formula is C50H41N4OPt-. The second-order valence-corrected chi connectivity index (χ2v) is 15.0. The van der Waals surface area contributed by atoms with Gasteiger partial charge in [-0.2, -0.15) is 0 Å². The maximum absolute atomic E-state index is 12.0. The monoisotopic (exact) mass is 908 g/mol. The molecule has 6 heteroatoms. The van der Waals surface area contributed by atoms with E-state index in [-0.39, 0.29) is 32.2 Å². The third kappa shape index (κ3) is 6.26. The summed E-state index contributed by atoms with van der Waals surface area (Å²) in [6.07, 6.45) is 1.91. The van der Waals surface area contributed by atoms with Gasteiger partial charge in [-0.15, -0.1) is 23.8 Å². The van der Waals surface area contributed by atoms with Gasteiger partial charge in [0, 0.05) is 49.7 Å². The molecule has 0 atom stereocenters. The Morgan fingerprint density at radius 3 is 2.02 bits per heavy atom. The van der Waals surface area contributed by atoms with Crippen molar-refractivity contribution >= 4 is 45.2 Å². The van der Waals surface area contributed by atoms with E-state index in [4.69, 9.17) is 9.97 Å². The standard InChI is InChI=1S/C50H41N4O.Pt/c1-32-28-33(2)47(34(3)29-32)37-26-27-51-46(31-37)54-43-19-13-12-18-40(43)50(4,5)41-23-20-36(30-45(41)54)42-24-21-35-22-25-44(49(55)48(35)52-42)53(38-14-8-6-9-15-38)39-16-10-7-11-17-39;/h6-29,31,55H,1-5H3;/q-1;. The first-order valence-electron chi connectivity index (χ1n) is 18.7. The molecule has 56 heavy (non-hydrogen) atoms. The molecule has 278 valence electrons. The maximum Gasteiger partial charge on any atom is 0.165 e. The molecule has 0 saturated heterocycles. The first-order chi connectivity index (χ1) is 26.7. The van der Waals surface area contributed by atoms with Gasteiger partial charge in [0.25, 0.3) is 0 Å². The van der Waals surface area contributed by atoms with Gasteiger partial charge in [-0.3, -0.25) is 4.98 Å². The first kappa shape index (κ1) is 36.9. The van der Waals surface area contributed by atoms with Gasteiger partial charge in [0.1, 0.15) is 11.3 Å². The summed E-state index contributed by atoms with van der Waals surface area (Å²) in [7, 11) is 0. The summed E-state index contributed by atoms with van der Waals surface area (Å²) in [5.74, 6) is 0.939. The zero-order chi connectivity index (χ0) is 37.8. The molecule has 0 amide bonds. The van der Waals surface area contributed by atoms with Crippen LogP contribution in [0, 0.1) is 26.8 Å². The molecule has 0 unspecified atom stereocenters. The summed E-state index contributed by atoms with van der Waals surface area (Å²) in [6.45, 7) is 11.1. The molecular weight excluding hydrogens is 868 g/mol. The van der Waals surface area contributed by atoms with Crippen LogP contribution in [0.2, 0.25) is 0 Å². The fourth-order valence-corrected chi connectivity index (χ4v) is 8.42. The molecule has 0 radical (unpaired) electrons. The van der Waals surface area contributed by atoms with E-state index >= 15 is 0 Å². The largest absolute Gasteiger partial charge is 0.504 e. The number of fused-ring (bicyclic) bond motifs is 3. The van der Waals surface area contributed by atoms with Crippen molar-refractivity contribution in [3.63, 3.8) is 0 Å². The number of aryl methyl sites for hydroxylation is 3. The fraction of sp³-hybridized carbons (Fsp3) is 0.120. The Kier molecular flexibility index (Phi) is 9.60. The van der Waals surface area contributed by atoms with Crippen LogP contribution in [-0.4, -0.2) is 15.1 Å². The smallest absolute Gasteiger partial charge is 0.165 e. The van der Waals surface area contributed by atoms with E-state index in [9.17, 15) is 5.11 Å². The molecule has 5 nitrogen and oxygen atoms in total. The van der Waals surface area contributed by atoms with Gasteiger partial charge in [0.05, 0.1) is 5.69 Å². The average molecular weight is 909 g/mol. The number of hydrogen-bond donors (Lipinski definition) is 1. The van der Waals surface area contributed by atoms with Gasteiger partial charge < -0.3 is 14.9 Å². The molecule has 1 aliphatic rings. The number of anilines is 6. The van der Waals surface area contributed by atoms with Crippen LogP contribution >= 0.6 is 0 Å². The van der Waals surface area contributed by atoms with E-state index in [0.717, 1.165) is 56.3 Å². The van der Waals surface area contributed by atoms with E-state index in [2.05, 4.69) is 111 Å². The van der Waals surface area contributed by atoms with Gasteiger partial charge in [0.2, 0.25) is 0 Å². The van der Waals surface area contributed by atoms with Crippen molar-refractivity contribution in [2.45, 2.75) is 40.0 Å². The van der Waals surface area contributed by atoms with Gasteiger partial charge in [-0.05, 0) is 114 Å². The molecule has 0 fully saturated rings. The number of rotatable bonds is 6. The Hall–Kier alpha value is -6.03. The van der Waals surface area contributed by atoms with E-state index < -0.39 is 0 Å². The number of phenolic OH excluding ortho intramolecular Hbond substituents is 1. The van der Waals surface area contributed by atoms with Crippen molar-refractivity contribution in [1.29, 1.82) is 0 Å². The Morgan fingerprint density at radius 2 is 1.32 bits per heavy atom. The van der Waals surface area contributed by atoms with Gasteiger partial charge >= 0.3 is 0 Å². The molecule has 2 aromatic heterocycles. The van der Waals surface area contributed by atoms with E-state index in [0.29, 0.717) is 11.2 Å². The summed E-state index contributed by atoms with van der Waals surface area (Å²) in [4.78, 5) is 14.4. The van der Waals surface area contributed by atoms with E-state index in [1.165, 1.54) is 27.8 Å². The second kappa shape index (κ2) is 14.6. The summed E-state index contributed by atoms with van der Waals surface area (Å²) in [5.41, 5.74) is 14.8. The molecule has 0 spiro atoms. The van der Waals surface area contributed by atoms with Gasteiger partial charge in [-0.25, -0.2) is 4.98 Å². The number of hydrogen-bond acceptors (Lipinski definition) is 5. The minimum Gasteiger partial charge on any atom is -0.504 e. The predicted octanol–water partition coefficient (Wildman–Crippen LogP) is 13.0. The average Bonchev–Trinajstić information content (AvgIpc) is 3.19. The molecule has 6 aromatic carbocycles. The predicted molar refractivity (Wildman–Crippen MR) is 227 cm³/mol. The number of nitrogens with zero attached hydrogens (tertiary/aromatic N) is 4. The van der Waals surface area contributed by atoms with Crippen LogP contribution in [0.5, 0.6) is 5.75 Å². The molecule has 3 heterocycles. The second-order valence-electron chi connectivity index (χ2n) is 15.0. The molecule has 0 saturated carbocycles. The van der Waals surface area contributed by atoms with Crippen molar-refractivity contribution in [3.8, 4) is 28.1 Å². The molecule has 0 aliphatic carbocycles. The minimum absolute atomic E-state index is 0. The van der Waals surface area contributed by atoms with Crippen molar-refractivity contribution in [2.75, 3.05) is 9.80 Å². The maximum atomic E-state index is 12.0. The van der Waals surface area contributed by atoms with Crippen LogP contribution in [0.1, 0.15) is 41.7 Å². The molecule has 8 aromatic rings. The fourth-order valence-electron chi connectivity index (χ4n) is 8.42. The number of para-hydroxylation sites is 3. The Morgan fingerprint density at radius 1 is 0.679 bits per heavy atom. The van der Waals surface area contributed by atoms with Crippen molar-refractivity contribution in [2.24, 2.45) is 0 Å². The van der Waals surface area contributed by atoms with Gasteiger partial charge in [0.15, 0.2) is 5.75 Å². The Labute approximate surface area is 343 Å². The molecule has 1 N–H and O–H groups in total. The Balaban J connectivity index is 0.00000441. The summed E-state index contributed by atoms with van der Waals surface area (Å²) in [5, 5.41) is 12.9. The topological polar surface area (TPSA) is 52.5 Å². The van der Waals surface area contributed by atoms with Crippen LogP contribution < -0.4 is 9.80 Å². The van der Waals surface area contributed by atoms with Crippen molar-refractivity contribution < 1.29 is 26.2 Å². The zero-order valence-corrected chi connectivity index (χ0v) is 34.3. The first-order valence-corrected chi connectivity index (χ1v) is 18.7. The number of benzene rings is 6. The number of aromatic hydroxyl groups is 1. The van der Waals surface area contributed by atoms with Gasteiger partial charge in [-0.1, -0.05) is 110 Å². The third-order valence-electron chi connectivity index (χ3n) is 10.9. The quantitative estimate of drug-likeness (QED) is 0.169. The SMILES string of the molecule is Cc1cc(C)c(-c2ccnc(N3c4[c-]c(-c5ccc6ccc(N(c7ccccc7)c7ccccc7)c(O)c6n5)ccc4C(C)(C)c4ccccc43)c2)c(C)c1.[Pt]. The van der Waals surface area contributed by atoms with Crippen LogP contribution in [0.15, 0.2) is 152 Å². The van der Waals surface area contributed by atoms with E-state index in [1.54, 1.807) is 0 Å². The van der Waals surface area contributed by atoms with Crippen LogP contribution in [0.3, 0.4) is 0 Å². The minimum atomic E-state index is -0.290. The van der Waals surface area contributed by atoms with Crippen LogP contribution in [0.4, 0.5) is 34.3 Å². The molecule has 9 rings (SSSR count). The van der Waals surface area contributed by atoms with Crippen molar-refractivity contribution in [1.82, 2.24) is 9.97 Å². The third-order valence-corrected chi connectivity index (χ3v) is 10.9. The number of pyridine rings is 2.